The van der Waals surface area contributed by atoms with E-state index < -0.39 is 8.25 Å². The van der Waals surface area contributed by atoms with Crippen LogP contribution in [0.5, 0.6) is 5.88 Å². The fourth-order valence-corrected chi connectivity index (χ4v) is 3.72. The molecule has 0 radical (unpaired) electrons. The standard InChI is InChI=1S/C18H20N3O5P/c1-2-12-8-14(9-15(12)26-27(23)24)25-17-10-16(19-11-20-17)21-18(22)13-6-4-3-5-7-13/h3-7,10-12,14-15H,2,8-9H2,1H3,(H-,19,20,21,22,23,24)/p+1/t12-,14+,15-/m0/s1. The average Bonchev–Trinajstić information content (AvgIpc) is 3.03. The Balaban J connectivity index is 1.62. The molecule has 1 saturated carbocycles. The fraction of sp³-hybridized carbons (Fsp3) is 0.389. The van der Waals surface area contributed by atoms with Crippen LogP contribution in [0.1, 0.15) is 36.5 Å². The summed E-state index contributed by atoms with van der Waals surface area (Å²) in [7, 11) is -2.64. The second-order valence-corrected chi connectivity index (χ2v) is 7.01. The lowest BCUT2D eigenvalue weighted by Gasteiger charge is -2.13. The van der Waals surface area contributed by atoms with Crippen molar-refractivity contribution >= 4 is 20.0 Å². The van der Waals surface area contributed by atoms with E-state index in [4.69, 9.17) is 14.2 Å². The highest BCUT2D eigenvalue weighted by Gasteiger charge is 2.40. The number of nitrogens with zero attached hydrogens (tertiary/aromatic N) is 2. The van der Waals surface area contributed by atoms with E-state index in [1.54, 1.807) is 30.3 Å². The van der Waals surface area contributed by atoms with Gasteiger partial charge in [0.2, 0.25) is 5.88 Å². The number of rotatable bonds is 7. The van der Waals surface area contributed by atoms with Gasteiger partial charge in [0.1, 0.15) is 24.4 Å². The van der Waals surface area contributed by atoms with Gasteiger partial charge in [-0.05, 0) is 24.5 Å². The van der Waals surface area contributed by atoms with Gasteiger partial charge in [0, 0.05) is 22.6 Å². The van der Waals surface area contributed by atoms with Gasteiger partial charge in [0.25, 0.3) is 5.91 Å². The molecule has 1 unspecified atom stereocenters. The quantitative estimate of drug-likeness (QED) is 0.698. The number of benzene rings is 1. The van der Waals surface area contributed by atoms with Crippen LogP contribution in [0.2, 0.25) is 0 Å². The second-order valence-electron chi connectivity index (χ2n) is 6.32. The number of aromatic nitrogens is 2. The number of anilines is 1. The van der Waals surface area contributed by atoms with E-state index >= 15 is 0 Å². The van der Waals surface area contributed by atoms with Crippen LogP contribution in [0.4, 0.5) is 5.82 Å². The van der Waals surface area contributed by atoms with E-state index in [9.17, 15) is 9.36 Å². The molecule has 2 N–H and O–H groups in total. The zero-order chi connectivity index (χ0) is 19.2. The molecule has 2 aromatic rings. The van der Waals surface area contributed by atoms with Gasteiger partial charge in [-0.1, -0.05) is 31.5 Å². The van der Waals surface area contributed by atoms with Crippen LogP contribution >= 0.6 is 8.25 Å². The number of hydrogen-bond acceptors (Lipinski definition) is 6. The third-order valence-electron chi connectivity index (χ3n) is 4.54. The molecule has 1 amide bonds. The maximum atomic E-state index is 12.2. The van der Waals surface area contributed by atoms with E-state index in [-0.39, 0.29) is 24.0 Å². The van der Waals surface area contributed by atoms with Crippen LogP contribution < -0.4 is 10.1 Å². The molecule has 1 aliphatic carbocycles. The van der Waals surface area contributed by atoms with Gasteiger partial charge in [-0.15, -0.1) is 9.42 Å². The van der Waals surface area contributed by atoms with E-state index in [0.29, 0.717) is 30.1 Å². The highest BCUT2D eigenvalue weighted by Crippen LogP contribution is 2.37. The van der Waals surface area contributed by atoms with Gasteiger partial charge in [-0.25, -0.2) is 9.97 Å². The van der Waals surface area contributed by atoms with Gasteiger partial charge in [0.05, 0.1) is 0 Å². The van der Waals surface area contributed by atoms with Crippen molar-refractivity contribution in [3.8, 4) is 5.88 Å². The Morgan fingerprint density at radius 2 is 2.07 bits per heavy atom. The Morgan fingerprint density at radius 1 is 1.30 bits per heavy atom. The Morgan fingerprint density at radius 3 is 2.78 bits per heavy atom. The van der Waals surface area contributed by atoms with Crippen LogP contribution in [0.25, 0.3) is 0 Å². The van der Waals surface area contributed by atoms with Crippen molar-refractivity contribution in [1.29, 1.82) is 0 Å². The van der Waals surface area contributed by atoms with E-state index in [2.05, 4.69) is 15.3 Å². The zero-order valence-corrected chi connectivity index (χ0v) is 15.7. The maximum Gasteiger partial charge on any atom is 0.695 e. The molecule has 0 saturated heterocycles. The van der Waals surface area contributed by atoms with Crippen LogP contribution in [-0.4, -0.2) is 33.0 Å². The second kappa shape index (κ2) is 8.99. The van der Waals surface area contributed by atoms with Gasteiger partial charge >= 0.3 is 8.25 Å². The number of amides is 1. The van der Waals surface area contributed by atoms with Crippen molar-refractivity contribution in [3.05, 3.63) is 48.3 Å². The molecule has 1 aromatic carbocycles. The average molecular weight is 390 g/mol. The highest BCUT2D eigenvalue weighted by atomic mass is 31.1. The van der Waals surface area contributed by atoms with Gasteiger partial charge in [-0.3, -0.25) is 4.79 Å². The van der Waals surface area contributed by atoms with E-state index in [0.717, 1.165) is 6.42 Å². The predicted octanol–water partition coefficient (Wildman–Crippen LogP) is 3.33. The van der Waals surface area contributed by atoms with Crippen molar-refractivity contribution in [2.45, 2.75) is 38.4 Å². The first-order valence-corrected chi connectivity index (χ1v) is 9.86. The summed E-state index contributed by atoms with van der Waals surface area (Å²) < 4.78 is 22.0. The maximum absolute atomic E-state index is 12.2. The summed E-state index contributed by atoms with van der Waals surface area (Å²) >= 11 is 0. The van der Waals surface area contributed by atoms with Crippen molar-refractivity contribution in [2.75, 3.05) is 5.32 Å². The summed E-state index contributed by atoms with van der Waals surface area (Å²) in [5.41, 5.74) is 0.526. The molecule has 3 rings (SSSR count). The van der Waals surface area contributed by atoms with Crippen molar-refractivity contribution in [2.24, 2.45) is 5.92 Å². The van der Waals surface area contributed by atoms with Crippen LogP contribution in [0, 0.1) is 5.92 Å². The van der Waals surface area contributed by atoms with E-state index in [1.165, 1.54) is 6.33 Å². The number of nitrogens with one attached hydrogen (secondary N) is 1. The summed E-state index contributed by atoms with van der Waals surface area (Å²) in [6, 6.07) is 10.4. The fourth-order valence-electron chi connectivity index (χ4n) is 3.23. The molecule has 27 heavy (non-hydrogen) atoms. The Kier molecular flexibility index (Phi) is 6.45. The van der Waals surface area contributed by atoms with Crippen LogP contribution in [0.3, 0.4) is 0 Å². The summed E-state index contributed by atoms with van der Waals surface area (Å²) in [5.74, 6) is 0.556. The predicted molar refractivity (Wildman–Crippen MR) is 98.6 cm³/mol. The Bertz CT molecular complexity index is 805. The van der Waals surface area contributed by atoms with Gasteiger partial charge in [-0.2, -0.15) is 0 Å². The molecule has 1 heterocycles. The zero-order valence-electron chi connectivity index (χ0n) is 14.8. The molecular formula is C18H21N3O5P+. The minimum absolute atomic E-state index is 0.153. The number of hydrogen-bond donors (Lipinski definition) is 2. The first-order chi connectivity index (χ1) is 13.0. The smallest absolute Gasteiger partial charge is 0.474 e. The molecule has 4 atom stereocenters. The molecule has 142 valence electrons. The lowest BCUT2D eigenvalue weighted by molar-refractivity contribution is 0.102. The first kappa shape index (κ1) is 19.4. The number of ether oxygens (including phenoxy) is 1. The monoisotopic (exact) mass is 390 g/mol. The molecule has 1 aliphatic rings. The number of carbonyl (C=O) groups is 1. The summed E-state index contributed by atoms with van der Waals surface area (Å²) in [6.45, 7) is 2.01. The third-order valence-corrected chi connectivity index (χ3v) is 4.99. The first-order valence-electron chi connectivity index (χ1n) is 8.73. The van der Waals surface area contributed by atoms with Gasteiger partial charge in [0.15, 0.2) is 0 Å². The molecular weight excluding hydrogens is 369 g/mol. The Hall–Kier alpha value is -2.41. The third kappa shape index (κ3) is 5.29. The van der Waals surface area contributed by atoms with Gasteiger partial charge < -0.3 is 10.1 Å². The number of carbonyl (C=O) groups excluding carboxylic acids is 1. The van der Waals surface area contributed by atoms with Crippen molar-refractivity contribution < 1.29 is 23.5 Å². The summed E-state index contributed by atoms with van der Waals surface area (Å²) in [5, 5.41) is 2.71. The molecule has 0 bridgehead atoms. The molecule has 8 nitrogen and oxygen atoms in total. The topological polar surface area (TPSA) is 111 Å². The van der Waals surface area contributed by atoms with Crippen LogP contribution in [0.15, 0.2) is 42.7 Å². The molecule has 1 fully saturated rings. The Labute approximate surface area is 157 Å². The molecule has 0 spiro atoms. The van der Waals surface area contributed by atoms with E-state index in [1.807, 2.05) is 13.0 Å². The van der Waals surface area contributed by atoms with Crippen molar-refractivity contribution in [1.82, 2.24) is 9.97 Å². The molecule has 9 heteroatoms. The summed E-state index contributed by atoms with van der Waals surface area (Å²) in [6.07, 6.45) is 2.88. The normalized spacial score (nSPS) is 22.3. The molecule has 1 aromatic heterocycles. The summed E-state index contributed by atoms with van der Waals surface area (Å²) in [4.78, 5) is 29.4. The lowest BCUT2D eigenvalue weighted by atomic mass is 10.0. The SMILES string of the molecule is CC[C@H]1C[C@@H](Oc2cc(NC(=O)c3ccccc3)ncn2)C[C@@H]1O[P+](=O)O. The largest absolute Gasteiger partial charge is 0.695 e. The minimum atomic E-state index is -2.64. The van der Waals surface area contributed by atoms with Crippen molar-refractivity contribution in [3.63, 3.8) is 0 Å². The highest BCUT2D eigenvalue weighted by molar-refractivity contribution is 7.32. The van der Waals surface area contributed by atoms with Crippen LogP contribution in [-0.2, 0) is 9.09 Å². The molecule has 0 aliphatic heterocycles. The lowest BCUT2D eigenvalue weighted by Crippen LogP contribution is -2.16. The minimum Gasteiger partial charge on any atom is -0.474 e.